The van der Waals surface area contributed by atoms with Gasteiger partial charge in [0.15, 0.2) is 0 Å². The number of carbonyl (C=O) groups is 2. The zero-order valence-corrected chi connectivity index (χ0v) is 23.5. The maximum absolute atomic E-state index is 14.1. The first-order chi connectivity index (χ1) is 19.9. The lowest BCUT2D eigenvalue weighted by molar-refractivity contribution is -0.127. The average Bonchev–Trinajstić information content (AvgIpc) is 3.68. The summed E-state index contributed by atoms with van der Waals surface area (Å²) in [5, 5.41) is 15.9. The van der Waals surface area contributed by atoms with Crippen molar-refractivity contribution >= 4 is 17.5 Å². The van der Waals surface area contributed by atoms with Crippen molar-refractivity contribution < 1.29 is 19.1 Å². The zero-order valence-electron chi connectivity index (χ0n) is 23.5. The van der Waals surface area contributed by atoms with E-state index in [0.29, 0.717) is 28.6 Å². The van der Waals surface area contributed by atoms with E-state index in [0.717, 1.165) is 36.8 Å². The number of carbonyl (C=O) groups excluding carboxylic acids is 2. The molecule has 1 aromatic heterocycles. The fourth-order valence-electron chi connectivity index (χ4n) is 5.08. The Morgan fingerprint density at radius 1 is 0.976 bits per heavy atom. The predicted octanol–water partition coefficient (Wildman–Crippen LogP) is 4.50. The van der Waals surface area contributed by atoms with E-state index in [1.807, 2.05) is 31.2 Å². The lowest BCUT2D eigenvalue weighted by Gasteiger charge is -2.32. The molecule has 1 saturated carbocycles. The Balaban J connectivity index is 1.52. The van der Waals surface area contributed by atoms with Gasteiger partial charge in [0.2, 0.25) is 11.7 Å². The lowest BCUT2D eigenvalue weighted by Crippen LogP contribution is -2.47. The zero-order chi connectivity index (χ0) is 28.8. The van der Waals surface area contributed by atoms with Crippen molar-refractivity contribution in [2.24, 2.45) is 0 Å². The molecule has 1 unspecified atom stereocenters. The van der Waals surface area contributed by atoms with Crippen LogP contribution in [0.5, 0.6) is 11.5 Å². The summed E-state index contributed by atoms with van der Waals surface area (Å²) in [6, 6.07) is 21.2. The highest BCUT2D eigenvalue weighted by Crippen LogP contribution is 2.32. The van der Waals surface area contributed by atoms with Crippen LogP contribution in [0.3, 0.4) is 0 Å². The topological polar surface area (TPSA) is 111 Å². The Bertz CT molecular complexity index is 1480. The number of aromatic nitrogens is 4. The third kappa shape index (κ3) is 6.54. The number of ether oxygens (including phenoxy) is 2. The molecule has 1 N–H and O–H groups in total. The van der Waals surface area contributed by atoms with E-state index in [-0.39, 0.29) is 24.4 Å². The SMILES string of the molecule is COc1ccc(C(C(=O)NC2CCCC2)N(C(=O)Cn2nnc(-c3ccc(C)cc3)n2)c2cccc(OC)c2)cc1. The van der Waals surface area contributed by atoms with Crippen LogP contribution >= 0.6 is 0 Å². The van der Waals surface area contributed by atoms with Crippen molar-refractivity contribution in [1.29, 1.82) is 0 Å². The smallest absolute Gasteiger partial charge is 0.251 e. The molecule has 5 rings (SSSR count). The van der Waals surface area contributed by atoms with Crippen molar-refractivity contribution in [2.75, 3.05) is 19.1 Å². The van der Waals surface area contributed by atoms with Crippen LogP contribution in [0, 0.1) is 6.92 Å². The lowest BCUT2D eigenvalue weighted by atomic mass is 10.0. The molecule has 10 heteroatoms. The number of hydrogen-bond donors (Lipinski definition) is 1. The second kappa shape index (κ2) is 12.6. The molecule has 3 aromatic carbocycles. The van der Waals surface area contributed by atoms with Gasteiger partial charge in [-0.1, -0.05) is 60.9 Å². The molecule has 0 saturated heterocycles. The van der Waals surface area contributed by atoms with Gasteiger partial charge in [-0.15, -0.1) is 10.2 Å². The number of nitrogens with zero attached hydrogens (tertiary/aromatic N) is 5. The minimum absolute atomic E-state index is 0.0690. The third-order valence-electron chi connectivity index (χ3n) is 7.28. The van der Waals surface area contributed by atoms with Gasteiger partial charge in [0.1, 0.15) is 24.1 Å². The second-order valence-electron chi connectivity index (χ2n) is 10.1. The number of tetrazole rings is 1. The summed E-state index contributed by atoms with van der Waals surface area (Å²) in [5.74, 6) is 0.985. The molecule has 41 heavy (non-hydrogen) atoms. The summed E-state index contributed by atoms with van der Waals surface area (Å²) in [6.45, 7) is 1.78. The summed E-state index contributed by atoms with van der Waals surface area (Å²) in [6.07, 6.45) is 3.97. The van der Waals surface area contributed by atoms with Crippen LogP contribution in [0.2, 0.25) is 0 Å². The number of nitrogens with one attached hydrogen (secondary N) is 1. The van der Waals surface area contributed by atoms with Crippen LogP contribution in [0.1, 0.15) is 42.9 Å². The standard InChI is InChI=1S/C31H34N6O4/c1-21-11-13-23(14-12-21)30-33-35-36(34-30)20-28(38)37(25-9-6-10-27(19-25)41-3)29(22-15-17-26(40-2)18-16-22)31(39)32-24-7-4-5-8-24/h6,9-19,24,29H,4-5,7-8,20H2,1-3H3,(H,32,39). The van der Waals surface area contributed by atoms with E-state index in [2.05, 4.69) is 20.7 Å². The van der Waals surface area contributed by atoms with Gasteiger partial charge in [-0.05, 0) is 54.8 Å². The molecule has 0 spiro atoms. The van der Waals surface area contributed by atoms with Gasteiger partial charge in [0.05, 0.1) is 14.2 Å². The number of benzene rings is 3. The maximum atomic E-state index is 14.1. The average molecular weight is 555 g/mol. The minimum Gasteiger partial charge on any atom is -0.497 e. The molecule has 1 aliphatic carbocycles. The molecular weight excluding hydrogens is 520 g/mol. The second-order valence-corrected chi connectivity index (χ2v) is 10.1. The summed E-state index contributed by atoms with van der Waals surface area (Å²) < 4.78 is 10.8. The van der Waals surface area contributed by atoms with Gasteiger partial charge in [0, 0.05) is 23.4 Å². The highest BCUT2D eigenvalue weighted by molar-refractivity contribution is 6.01. The molecule has 0 bridgehead atoms. The highest BCUT2D eigenvalue weighted by atomic mass is 16.5. The molecular formula is C31H34N6O4. The fraction of sp³-hybridized carbons (Fsp3) is 0.323. The van der Waals surface area contributed by atoms with Gasteiger partial charge in [0.25, 0.3) is 5.91 Å². The Hall–Kier alpha value is -4.73. The van der Waals surface area contributed by atoms with Gasteiger partial charge < -0.3 is 14.8 Å². The van der Waals surface area contributed by atoms with E-state index in [1.54, 1.807) is 62.8 Å². The normalized spacial score (nSPS) is 13.9. The minimum atomic E-state index is -0.957. The Morgan fingerprint density at radius 2 is 1.68 bits per heavy atom. The molecule has 2 amide bonds. The monoisotopic (exact) mass is 554 g/mol. The predicted molar refractivity (Wildman–Crippen MR) is 155 cm³/mol. The van der Waals surface area contributed by atoms with E-state index in [1.165, 1.54) is 9.70 Å². The quantitative estimate of drug-likeness (QED) is 0.307. The van der Waals surface area contributed by atoms with E-state index < -0.39 is 6.04 Å². The molecule has 10 nitrogen and oxygen atoms in total. The number of anilines is 1. The summed E-state index contributed by atoms with van der Waals surface area (Å²) in [5.41, 5.74) is 3.07. The number of amides is 2. The molecule has 1 atom stereocenters. The van der Waals surface area contributed by atoms with E-state index in [4.69, 9.17) is 9.47 Å². The van der Waals surface area contributed by atoms with Gasteiger partial charge >= 0.3 is 0 Å². The highest BCUT2D eigenvalue weighted by Gasteiger charge is 2.35. The summed E-state index contributed by atoms with van der Waals surface area (Å²) >= 11 is 0. The van der Waals surface area contributed by atoms with Crippen molar-refractivity contribution in [2.45, 2.75) is 51.2 Å². The first-order valence-electron chi connectivity index (χ1n) is 13.7. The van der Waals surface area contributed by atoms with Gasteiger partial charge in [-0.3, -0.25) is 14.5 Å². The van der Waals surface area contributed by atoms with Crippen molar-refractivity contribution in [1.82, 2.24) is 25.5 Å². The fourth-order valence-corrected chi connectivity index (χ4v) is 5.08. The molecule has 4 aromatic rings. The largest absolute Gasteiger partial charge is 0.497 e. The van der Waals surface area contributed by atoms with Gasteiger partial charge in [-0.2, -0.15) is 4.80 Å². The molecule has 212 valence electrons. The Kier molecular flexibility index (Phi) is 8.57. The van der Waals surface area contributed by atoms with E-state index >= 15 is 0 Å². The number of rotatable bonds is 10. The van der Waals surface area contributed by atoms with Crippen LogP contribution in [-0.4, -0.2) is 52.3 Å². The van der Waals surface area contributed by atoms with Crippen LogP contribution in [0.25, 0.3) is 11.4 Å². The third-order valence-corrected chi connectivity index (χ3v) is 7.28. The van der Waals surface area contributed by atoms with Crippen LogP contribution in [0.15, 0.2) is 72.8 Å². The Morgan fingerprint density at radius 3 is 2.37 bits per heavy atom. The van der Waals surface area contributed by atoms with Crippen molar-refractivity contribution in [3.05, 3.63) is 83.9 Å². The van der Waals surface area contributed by atoms with E-state index in [9.17, 15) is 9.59 Å². The number of methoxy groups -OCH3 is 2. The van der Waals surface area contributed by atoms with Crippen molar-refractivity contribution in [3.63, 3.8) is 0 Å². The molecule has 1 fully saturated rings. The van der Waals surface area contributed by atoms with Crippen molar-refractivity contribution in [3.8, 4) is 22.9 Å². The van der Waals surface area contributed by atoms with Crippen LogP contribution < -0.4 is 19.7 Å². The molecule has 0 aliphatic heterocycles. The summed E-state index contributed by atoms with van der Waals surface area (Å²) in [7, 11) is 3.15. The van der Waals surface area contributed by atoms with Gasteiger partial charge in [-0.25, -0.2) is 0 Å². The number of hydrogen-bond acceptors (Lipinski definition) is 7. The molecule has 1 aliphatic rings. The van der Waals surface area contributed by atoms with Crippen LogP contribution in [-0.2, 0) is 16.1 Å². The maximum Gasteiger partial charge on any atom is 0.251 e. The first-order valence-corrected chi connectivity index (χ1v) is 13.7. The number of aryl methyl sites for hydroxylation is 1. The Labute approximate surface area is 239 Å². The summed E-state index contributed by atoms with van der Waals surface area (Å²) in [4.78, 5) is 30.9. The molecule has 0 radical (unpaired) electrons. The molecule has 1 heterocycles. The first kappa shape index (κ1) is 27.8. The van der Waals surface area contributed by atoms with Crippen LogP contribution in [0.4, 0.5) is 5.69 Å².